The maximum absolute atomic E-state index is 11.3. The third kappa shape index (κ3) is 2.31. The second-order valence-electron chi connectivity index (χ2n) is 6.33. The van der Waals surface area contributed by atoms with Crippen LogP contribution in [0.5, 0.6) is 0 Å². The summed E-state index contributed by atoms with van der Waals surface area (Å²) in [6.45, 7) is 0.533. The number of esters is 1. The van der Waals surface area contributed by atoms with E-state index in [4.69, 9.17) is 27.9 Å². The molecule has 0 heterocycles. The minimum Gasteiger partial charge on any atom is -0.463 e. The molecule has 0 aromatic rings. The predicted molar refractivity (Wildman–Crippen MR) is 67.1 cm³/mol. The number of hydrogen-bond donors (Lipinski definition) is 0. The van der Waals surface area contributed by atoms with E-state index in [1.165, 1.54) is 38.5 Å². The Balaban J connectivity index is 1.64. The van der Waals surface area contributed by atoms with Gasteiger partial charge in [-0.3, -0.25) is 0 Å². The molecule has 0 aromatic heterocycles. The molecule has 4 saturated carbocycles. The average molecular weight is 277 g/mol. The van der Waals surface area contributed by atoms with Crippen LogP contribution in [0, 0.1) is 23.2 Å². The van der Waals surface area contributed by atoms with Crippen LogP contribution in [0.25, 0.3) is 0 Å². The number of carbonyl (C=O) groups excluding carboxylic acids is 1. The molecule has 0 radical (unpaired) electrons. The van der Waals surface area contributed by atoms with Crippen molar-refractivity contribution in [2.24, 2.45) is 23.2 Å². The Bertz CT molecular complexity index is 292. The van der Waals surface area contributed by atoms with Crippen LogP contribution in [0.3, 0.4) is 0 Å². The Kier molecular flexibility index (Phi) is 3.07. The van der Waals surface area contributed by atoms with Gasteiger partial charge in [-0.25, -0.2) is 4.79 Å². The first-order valence-corrected chi connectivity index (χ1v) is 7.38. The number of ether oxygens (including phenoxy) is 1. The summed E-state index contributed by atoms with van der Waals surface area (Å²) in [7, 11) is 0. The fourth-order valence-electron chi connectivity index (χ4n) is 4.75. The number of halogens is 2. The van der Waals surface area contributed by atoms with E-state index in [0.717, 1.165) is 17.8 Å². The van der Waals surface area contributed by atoms with Crippen LogP contribution in [0.1, 0.15) is 38.5 Å². The zero-order valence-electron chi connectivity index (χ0n) is 9.83. The van der Waals surface area contributed by atoms with Gasteiger partial charge in [0.2, 0.25) is 4.84 Å². The lowest BCUT2D eigenvalue weighted by atomic mass is 9.50. The number of carbonyl (C=O) groups is 1. The fourth-order valence-corrected chi connectivity index (χ4v) is 4.88. The molecule has 4 rings (SSSR count). The van der Waals surface area contributed by atoms with E-state index < -0.39 is 10.8 Å². The van der Waals surface area contributed by atoms with Crippen LogP contribution in [-0.4, -0.2) is 17.4 Å². The molecule has 4 aliphatic carbocycles. The van der Waals surface area contributed by atoms with Gasteiger partial charge in [0.1, 0.15) is 0 Å². The first kappa shape index (κ1) is 12.1. The summed E-state index contributed by atoms with van der Waals surface area (Å²) in [4.78, 5) is 10.3. The van der Waals surface area contributed by atoms with Crippen LogP contribution in [-0.2, 0) is 9.53 Å². The van der Waals surface area contributed by atoms with Gasteiger partial charge >= 0.3 is 5.97 Å². The van der Waals surface area contributed by atoms with Crippen molar-refractivity contribution < 1.29 is 9.53 Å². The molecule has 17 heavy (non-hydrogen) atoms. The van der Waals surface area contributed by atoms with Crippen LogP contribution in [0.15, 0.2) is 0 Å². The monoisotopic (exact) mass is 276 g/mol. The molecule has 96 valence electrons. The first-order chi connectivity index (χ1) is 8.06. The van der Waals surface area contributed by atoms with E-state index in [-0.39, 0.29) is 5.41 Å². The molecule has 4 heteroatoms. The van der Waals surface area contributed by atoms with Crippen LogP contribution in [0.4, 0.5) is 0 Å². The summed E-state index contributed by atoms with van der Waals surface area (Å²) >= 11 is 11.0. The van der Waals surface area contributed by atoms with Crippen molar-refractivity contribution in [3.05, 3.63) is 0 Å². The Morgan fingerprint density at radius 1 is 1.12 bits per heavy atom. The highest BCUT2D eigenvalue weighted by molar-refractivity contribution is 6.52. The quantitative estimate of drug-likeness (QED) is 0.582. The third-order valence-electron chi connectivity index (χ3n) is 4.86. The number of hydrogen-bond acceptors (Lipinski definition) is 2. The predicted octanol–water partition coefficient (Wildman–Crippen LogP) is 3.55. The molecule has 0 aromatic carbocycles. The summed E-state index contributed by atoms with van der Waals surface area (Å²) in [5, 5.41) is 0. The van der Waals surface area contributed by atoms with Crippen molar-refractivity contribution in [3.63, 3.8) is 0 Å². The smallest absolute Gasteiger partial charge is 0.339 e. The SMILES string of the molecule is O=C(OCC12CC3CC(CC(C3)C1)C2)C(Cl)Cl. The molecule has 0 aliphatic heterocycles. The minimum absolute atomic E-state index is 0.257. The average Bonchev–Trinajstić information content (AvgIpc) is 2.24. The second kappa shape index (κ2) is 4.31. The van der Waals surface area contributed by atoms with Gasteiger partial charge in [-0.2, -0.15) is 0 Å². The number of alkyl halides is 2. The van der Waals surface area contributed by atoms with Gasteiger partial charge in [0.05, 0.1) is 6.61 Å². The van der Waals surface area contributed by atoms with E-state index in [0.29, 0.717) is 6.61 Å². The Labute approximate surface area is 112 Å². The van der Waals surface area contributed by atoms with Crippen molar-refractivity contribution in [2.75, 3.05) is 6.61 Å². The molecule has 0 N–H and O–H groups in total. The van der Waals surface area contributed by atoms with Crippen molar-refractivity contribution in [3.8, 4) is 0 Å². The standard InChI is InChI=1S/C13H18Cl2O2/c14-11(15)12(16)17-7-13-4-8-1-9(5-13)3-10(2-8)6-13/h8-11H,1-7H2. The van der Waals surface area contributed by atoms with Crippen LogP contribution < -0.4 is 0 Å². The molecular formula is C13H18Cl2O2. The van der Waals surface area contributed by atoms with E-state index >= 15 is 0 Å². The van der Waals surface area contributed by atoms with Crippen molar-refractivity contribution >= 4 is 29.2 Å². The molecule has 4 aliphatic rings. The zero-order valence-corrected chi connectivity index (χ0v) is 11.3. The van der Waals surface area contributed by atoms with E-state index in [2.05, 4.69) is 0 Å². The zero-order chi connectivity index (χ0) is 12.0. The van der Waals surface area contributed by atoms with E-state index in [9.17, 15) is 4.79 Å². The maximum atomic E-state index is 11.3. The highest BCUT2D eigenvalue weighted by Crippen LogP contribution is 2.60. The summed E-state index contributed by atoms with van der Waals surface area (Å²) in [5.74, 6) is 2.15. The Hall–Kier alpha value is 0.0500. The Morgan fingerprint density at radius 3 is 2.00 bits per heavy atom. The third-order valence-corrected chi connectivity index (χ3v) is 5.22. The normalized spacial score (nSPS) is 43.1. The van der Waals surface area contributed by atoms with Crippen LogP contribution >= 0.6 is 23.2 Å². The molecule has 4 fully saturated rings. The summed E-state index contributed by atoms with van der Waals surface area (Å²) < 4.78 is 5.29. The molecule has 0 unspecified atom stereocenters. The second-order valence-corrected chi connectivity index (χ2v) is 7.42. The molecule has 0 saturated heterocycles. The van der Waals surface area contributed by atoms with Gasteiger partial charge in [0, 0.05) is 5.41 Å². The first-order valence-electron chi connectivity index (χ1n) is 6.51. The summed E-state index contributed by atoms with van der Waals surface area (Å²) in [5.41, 5.74) is 0.257. The topological polar surface area (TPSA) is 26.3 Å². The molecule has 0 spiro atoms. The highest BCUT2D eigenvalue weighted by Gasteiger charge is 2.51. The van der Waals surface area contributed by atoms with Crippen molar-refractivity contribution in [2.45, 2.75) is 43.4 Å². The van der Waals surface area contributed by atoms with Gasteiger partial charge in [-0.1, -0.05) is 23.2 Å². The number of rotatable bonds is 3. The Morgan fingerprint density at radius 2 is 1.59 bits per heavy atom. The van der Waals surface area contributed by atoms with Crippen molar-refractivity contribution in [1.29, 1.82) is 0 Å². The van der Waals surface area contributed by atoms with Gasteiger partial charge in [0.15, 0.2) is 0 Å². The summed E-state index contributed by atoms with van der Waals surface area (Å²) in [6.07, 6.45) is 7.92. The lowest BCUT2D eigenvalue weighted by Crippen LogP contribution is -2.48. The molecular weight excluding hydrogens is 259 g/mol. The lowest BCUT2D eigenvalue weighted by molar-refractivity contribution is -0.153. The van der Waals surface area contributed by atoms with Gasteiger partial charge in [-0.15, -0.1) is 0 Å². The molecule has 0 amide bonds. The van der Waals surface area contributed by atoms with Crippen LogP contribution in [0.2, 0.25) is 0 Å². The largest absolute Gasteiger partial charge is 0.463 e. The lowest BCUT2D eigenvalue weighted by Gasteiger charge is -2.56. The molecule has 2 nitrogen and oxygen atoms in total. The van der Waals surface area contributed by atoms with Gasteiger partial charge in [0.25, 0.3) is 0 Å². The van der Waals surface area contributed by atoms with Crippen molar-refractivity contribution in [1.82, 2.24) is 0 Å². The maximum Gasteiger partial charge on any atom is 0.339 e. The highest BCUT2D eigenvalue weighted by atomic mass is 35.5. The van der Waals surface area contributed by atoms with E-state index in [1.54, 1.807) is 0 Å². The molecule has 4 bridgehead atoms. The minimum atomic E-state index is -1.04. The molecule has 0 atom stereocenters. The van der Waals surface area contributed by atoms with Gasteiger partial charge < -0.3 is 4.74 Å². The fraction of sp³-hybridized carbons (Fsp3) is 0.923. The van der Waals surface area contributed by atoms with E-state index in [1.807, 2.05) is 0 Å². The van der Waals surface area contributed by atoms with Gasteiger partial charge in [-0.05, 0) is 56.3 Å². The summed E-state index contributed by atoms with van der Waals surface area (Å²) in [6, 6.07) is 0.